The lowest BCUT2D eigenvalue weighted by Gasteiger charge is -2.42. The Balaban J connectivity index is 1.48. The number of anilines is 2. The molecule has 0 aliphatic carbocycles. The summed E-state index contributed by atoms with van der Waals surface area (Å²) in [5.74, 6) is 1.22. The maximum atomic E-state index is 12.9. The number of nitrogens with zero attached hydrogens (tertiary/aromatic N) is 4. The Labute approximate surface area is 181 Å². The van der Waals surface area contributed by atoms with Crippen LogP contribution in [-0.4, -0.2) is 66.7 Å². The van der Waals surface area contributed by atoms with E-state index >= 15 is 0 Å². The number of nitrogens with one attached hydrogen (secondary N) is 2. The normalized spacial score (nSPS) is 19.4. The van der Waals surface area contributed by atoms with Gasteiger partial charge < -0.3 is 20.1 Å². The number of hydrogen-bond acceptors (Lipinski definition) is 6. The standard InChI is InChI=1S/C21H26N6O3S/c1-14-9-11-27(21(28)25-15-4-6-16(7-5-15)31(3,29)30)12-18(14)26(2)20-17-8-10-22-19(17)23-13-24-20/h4-8,10,13-14,18H,9,11-12H2,1-3H3,(H,25,28)(H,22,23,24). The van der Waals surface area contributed by atoms with E-state index in [-0.39, 0.29) is 17.0 Å². The van der Waals surface area contributed by atoms with Crippen molar-refractivity contribution in [3.8, 4) is 0 Å². The van der Waals surface area contributed by atoms with E-state index in [0.29, 0.717) is 24.7 Å². The number of benzene rings is 1. The van der Waals surface area contributed by atoms with Gasteiger partial charge in [-0.25, -0.2) is 23.2 Å². The summed E-state index contributed by atoms with van der Waals surface area (Å²) in [5, 5.41) is 3.82. The molecule has 1 aliphatic heterocycles. The Bertz CT molecular complexity index is 1190. The van der Waals surface area contributed by atoms with Crippen LogP contribution in [0.25, 0.3) is 11.0 Å². The Hall–Kier alpha value is -3.14. The molecule has 1 fully saturated rings. The van der Waals surface area contributed by atoms with Crippen molar-refractivity contribution < 1.29 is 13.2 Å². The second kappa shape index (κ2) is 8.18. The molecule has 10 heteroatoms. The zero-order chi connectivity index (χ0) is 22.2. The summed E-state index contributed by atoms with van der Waals surface area (Å²) in [4.78, 5) is 28.9. The van der Waals surface area contributed by atoms with Crippen LogP contribution < -0.4 is 10.2 Å². The minimum Gasteiger partial charge on any atom is -0.354 e. The molecule has 0 radical (unpaired) electrons. The molecule has 2 amide bonds. The zero-order valence-corrected chi connectivity index (χ0v) is 18.6. The van der Waals surface area contributed by atoms with Crippen LogP contribution in [0.15, 0.2) is 47.8 Å². The third-order valence-corrected chi connectivity index (χ3v) is 7.03. The first-order valence-electron chi connectivity index (χ1n) is 10.1. The van der Waals surface area contributed by atoms with Crippen molar-refractivity contribution in [3.05, 3.63) is 42.9 Å². The summed E-state index contributed by atoms with van der Waals surface area (Å²) >= 11 is 0. The molecule has 3 aromatic rings. The molecule has 31 heavy (non-hydrogen) atoms. The summed E-state index contributed by atoms with van der Waals surface area (Å²) in [7, 11) is -1.27. The average molecular weight is 443 g/mol. The van der Waals surface area contributed by atoms with E-state index in [0.717, 1.165) is 29.5 Å². The van der Waals surface area contributed by atoms with Gasteiger partial charge in [0.2, 0.25) is 0 Å². The number of rotatable bonds is 4. The SMILES string of the molecule is CC1CCN(C(=O)Nc2ccc(S(C)(=O)=O)cc2)CC1N(C)c1ncnc2[nH]ccc12. The van der Waals surface area contributed by atoms with Crippen LogP contribution in [0.3, 0.4) is 0 Å². The van der Waals surface area contributed by atoms with E-state index in [9.17, 15) is 13.2 Å². The molecule has 0 saturated carbocycles. The van der Waals surface area contributed by atoms with Crippen LogP contribution in [0.4, 0.5) is 16.3 Å². The Morgan fingerprint density at radius 2 is 1.97 bits per heavy atom. The van der Waals surface area contributed by atoms with E-state index in [1.807, 2.05) is 19.3 Å². The number of piperidine rings is 1. The average Bonchev–Trinajstić information content (AvgIpc) is 3.22. The van der Waals surface area contributed by atoms with E-state index < -0.39 is 9.84 Å². The fourth-order valence-electron chi connectivity index (χ4n) is 4.02. The first-order chi connectivity index (χ1) is 14.7. The number of sulfone groups is 1. The number of hydrogen-bond donors (Lipinski definition) is 2. The molecule has 2 aromatic heterocycles. The van der Waals surface area contributed by atoms with Gasteiger partial charge in [-0.3, -0.25) is 0 Å². The van der Waals surface area contributed by atoms with Gasteiger partial charge in [0.15, 0.2) is 9.84 Å². The van der Waals surface area contributed by atoms with Crippen molar-refractivity contribution in [2.75, 3.05) is 36.6 Å². The molecular formula is C21H26N6O3S. The molecule has 2 unspecified atom stereocenters. The van der Waals surface area contributed by atoms with Gasteiger partial charge >= 0.3 is 6.03 Å². The molecule has 1 aromatic carbocycles. The van der Waals surface area contributed by atoms with Crippen molar-refractivity contribution in [2.45, 2.75) is 24.3 Å². The summed E-state index contributed by atoms with van der Waals surface area (Å²) in [5.41, 5.74) is 1.35. The summed E-state index contributed by atoms with van der Waals surface area (Å²) in [6.45, 7) is 3.40. The number of likely N-dealkylation sites (N-methyl/N-ethyl adjacent to an activating group) is 1. The zero-order valence-electron chi connectivity index (χ0n) is 17.7. The number of H-pyrrole nitrogens is 1. The highest BCUT2D eigenvalue weighted by Gasteiger charge is 2.32. The van der Waals surface area contributed by atoms with Gasteiger partial charge in [-0.15, -0.1) is 0 Å². The molecule has 2 N–H and O–H groups in total. The number of carbonyl (C=O) groups is 1. The molecule has 4 rings (SSSR count). The van der Waals surface area contributed by atoms with E-state index in [1.54, 1.807) is 23.4 Å². The second-order valence-corrected chi connectivity index (χ2v) is 10.1. The molecule has 1 aliphatic rings. The number of aromatic amines is 1. The van der Waals surface area contributed by atoms with Gasteiger partial charge in [-0.2, -0.15) is 0 Å². The number of aromatic nitrogens is 3. The van der Waals surface area contributed by atoms with Gasteiger partial charge in [-0.05, 0) is 42.7 Å². The number of amides is 2. The molecule has 9 nitrogen and oxygen atoms in total. The second-order valence-electron chi connectivity index (χ2n) is 8.05. The van der Waals surface area contributed by atoms with Crippen molar-refractivity contribution >= 4 is 38.4 Å². The van der Waals surface area contributed by atoms with Gasteiger partial charge in [0, 0.05) is 38.3 Å². The van der Waals surface area contributed by atoms with Gasteiger partial charge in [0.05, 0.1) is 16.3 Å². The number of carbonyl (C=O) groups excluding carboxylic acids is 1. The minimum absolute atomic E-state index is 0.0973. The summed E-state index contributed by atoms with van der Waals surface area (Å²) in [6, 6.07) is 8.06. The number of fused-ring (bicyclic) bond motifs is 1. The third-order valence-electron chi connectivity index (χ3n) is 5.90. The van der Waals surface area contributed by atoms with Crippen LogP contribution in [0.1, 0.15) is 13.3 Å². The monoisotopic (exact) mass is 442 g/mol. The molecule has 0 spiro atoms. The van der Waals surface area contributed by atoms with Gasteiger partial charge in [-0.1, -0.05) is 6.92 Å². The molecule has 164 valence electrons. The Morgan fingerprint density at radius 3 is 2.68 bits per heavy atom. The lowest BCUT2D eigenvalue weighted by Crippen LogP contribution is -2.53. The third kappa shape index (κ3) is 4.34. The van der Waals surface area contributed by atoms with Crippen molar-refractivity contribution in [3.63, 3.8) is 0 Å². The highest BCUT2D eigenvalue weighted by Crippen LogP contribution is 2.29. The number of likely N-dealkylation sites (tertiary alicyclic amines) is 1. The highest BCUT2D eigenvalue weighted by atomic mass is 32.2. The largest absolute Gasteiger partial charge is 0.354 e. The quantitative estimate of drug-likeness (QED) is 0.643. The summed E-state index contributed by atoms with van der Waals surface area (Å²) in [6.07, 6.45) is 5.42. The minimum atomic E-state index is -3.27. The Morgan fingerprint density at radius 1 is 1.23 bits per heavy atom. The highest BCUT2D eigenvalue weighted by molar-refractivity contribution is 7.90. The fourth-order valence-corrected chi connectivity index (χ4v) is 4.65. The lowest BCUT2D eigenvalue weighted by molar-refractivity contribution is 0.172. The van der Waals surface area contributed by atoms with Gasteiger partial charge in [0.25, 0.3) is 0 Å². The number of urea groups is 1. The molecule has 1 saturated heterocycles. The summed E-state index contributed by atoms with van der Waals surface area (Å²) < 4.78 is 23.2. The maximum absolute atomic E-state index is 12.9. The van der Waals surface area contributed by atoms with Crippen molar-refractivity contribution in [2.24, 2.45) is 5.92 Å². The molecule has 0 bridgehead atoms. The molecular weight excluding hydrogens is 416 g/mol. The molecule has 3 heterocycles. The van der Waals surface area contributed by atoms with Crippen LogP contribution in [0.5, 0.6) is 0 Å². The van der Waals surface area contributed by atoms with Crippen molar-refractivity contribution in [1.29, 1.82) is 0 Å². The lowest BCUT2D eigenvalue weighted by atomic mass is 9.92. The van der Waals surface area contributed by atoms with Gasteiger partial charge in [0.1, 0.15) is 17.8 Å². The topological polar surface area (TPSA) is 111 Å². The van der Waals surface area contributed by atoms with Crippen LogP contribution in [0.2, 0.25) is 0 Å². The van der Waals surface area contributed by atoms with Crippen LogP contribution in [-0.2, 0) is 9.84 Å². The predicted molar refractivity (Wildman–Crippen MR) is 120 cm³/mol. The van der Waals surface area contributed by atoms with E-state index in [4.69, 9.17) is 0 Å². The Kier molecular flexibility index (Phi) is 5.57. The molecule has 2 atom stereocenters. The first kappa shape index (κ1) is 21.1. The fraction of sp³-hybridized carbons (Fsp3) is 0.381. The predicted octanol–water partition coefficient (Wildman–Crippen LogP) is 2.74. The smallest absolute Gasteiger partial charge is 0.321 e. The van der Waals surface area contributed by atoms with Crippen LogP contribution >= 0.6 is 0 Å². The van der Waals surface area contributed by atoms with Crippen molar-refractivity contribution in [1.82, 2.24) is 19.9 Å². The van der Waals surface area contributed by atoms with Crippen LogP contribution in [0, 0.1) is 5.92 Å². The first-order valence-corrected chi connectivity index (χ1v) is 12.0. The van der Waals surface area contributed by atoms with E-state index in [2.05, 4.69) is 32.1 Å². The maximum Gasteiger partial charge on any atom is 0.321 e. The van der Waals surface area contributed by atoms with E-state index in [1.165, 1.54) is 12.1 Å².